The van der Waals surface area contributed by atoms with Gasteiger partial charge >= 0.3 is 0 Å². The van der Waals surface area contributed by atoms with Crippen LogP contribution in [0.1, 0.15) is 17.9 Å². The third kappa shape index (κ3) is 3.90. The second-order valence-electron chi connectivity index (χ2n) is 6.79. The molecule has 1 unspecified atom stereocenters. The standard InChI is InChI=1S/C17H28N2O3/c1-15-3-4-16(22-15)11-19-8-10-21-14-17(13-19)5-6-18(12-17)7-9-20-2/h3-4H,5-14H2,1-2H3. The van der Waals surface area contributed by atoms with Crippen molar-refractivity contribution in [3.63, 3.8) is 0 Å². The number of rotatable bonds is 5. The van der Waals surface area contributed by atoms with Gasteiger partial charge in [-0.15, -0.1) is 0 Å². The minimum atomic E-state index is 0.270. The molecule has 0 radical (unpaired) electrons. The molecular weight excluding hydrogens is 280 g/mol. The molecule has 0 saturated carbocycles. The fraction of sp³-hybridized carbons (Fsp3) is 0.765. The molecule has 3 rings (SSSR count). The molecule has 0 bridgehead atoms. The van der Waals surface area contributed by atoms with Crippen molar-refractivity contribution in [3.05, 3.63) is 23.7 Å². The summed E-state index contributed by atoms with van der Waals surface area (Å²) in [7, 11) is 1.77. The second kappa shape index (κ2) is 7.13. The summed E-state index contributed by atoms with van der Waals surface area (Å²) in [6, 6.07) is 4.13. The Hall–Kier alpha value is -0.880. The van der Waals surface area contributed by atoms with E-state index in [-0.39, 0.29) is 5.41 Å². The van der Waals surface area contributed by atoms with Crippen LogP contribution in [-0.2, 0) is 16.0 Å². The number of likely N-dealkylation sites (tertiary alicyclic amines) is 1. The normalized spacial score (nSPS) is 27.5. The highest BCUT2D eigenvalue weighted by Gasteiger charge is 2.40. The fourth-order valence-electron chi connectivity index (χ4n) is 3.69. The summed E-state index contributed by atoms with van der Waals surface area (Å²) in [6.07, 6.45) is 1.21. The highest BCUT2D eigenvalue weighted by Crippen LogP contribution is 2.33. The molecule has 5 heteroatoms. The lowest BCUT2D eigenvalue weighted by atomic mass is 9.87. The van der Waals surface area contributed by atoms with Gasteiger partial charge < -0.3 is 18.8 Å². The van der Waals surface area contributed by atoms with Gasteiger partial charge in [0, 0.05) is 38.7 Å². The Balaban J connectivity index is 1.60. The SMILES string of the molecule is COCCN1CCC2(COCCN(Cc3ccc(C)o3)C2)C1. The molecule has 0 amide bonds. The predicted octanol–water partition coefficient (Wildman–Crippen LogP) is 1.76. The predicted molar refractivity (Wildman–Crippen MR) is 84.9 cm³/mol. The van der Waals surface area contributed by atoms with Crippen LogP contribution in [0, 0.1) is 12.3 Å². The fourth-order valence-corrected chi connectivity index (χ4v) is 3.69. The molecule has 1 aromatic heterocycles. The maximum atomic E-state index is 5.93. The molecule has 1 atom stereocenters. The first-order valence-electron chi connectivity index (χ1n) is 8.26. The van der Waals surface area contributed by atoms with Crippen molar-refractivity contribution in [2.24, 2.45) is 5.41 Å². The van der Waals surface area contributed by atoms with Crippen LogP contribution in [0.3, 0.4) is 0 Å². The van der Waals surface area contributed by atoms with Crippen LogP contribution in [0.2, 0.25) is 0 Å². The molecule has 0 N–H and O–H groups in total. The topological polar surface area (TPSA) is 38.1 Å². The summed E-state index contributed by atoms with van der Waals surface area (Å²) in [5, 5.41) is 0. The summed E-state index contributed by atoms with van der Waals surface area (Å²) in [5.74, 6) is 2.05. The van der Waals surface area contributed by atoms with Crippen molar-refractivity contribution in [1.29, 1.82) is 0 Å². The van der Waals surface area contributed by atoms with Crippen molar-refractivity contribution in [2.75, 3.05) is 59.7 Å². The summed E-state index contributed by atoms with van der Waals surface area (Å²) in [5.41, 5.74) is 0.270. The van der Waals surface area contributed by atoms with E-state index in [2.05, 4.69) is 15.9 Å². The van der Waals surface area contributed by atoms with Crippen molar-refractivity contribution >= 4 is 0 Å². The maximum absolute atomic E-state index is 5.93. The molecule has 124 valence electrons. The molecule has 2 aliphatic rings. The number of furan rings is 1. The molecule has 1 aromatic rings. The Bertz CT molecular complexity index is 476. The van der Waals surface area contributed by atoms with E-state index in [9.17, 15) is 0 Å². The number of hydrogen-bond donors (Lipinski definition) is 0. The molecule has 3 heterocycles. The van der Waals surface area contributed by atoms with E-state index >= 15 is 0 Å². The first kappa shape index (κ1) is 16.0. The highest BCUT2D eigenvalue weighted by molar-refractivity contribution is 5.06. The minimum absolute atomic E-state index is 0.270. The Morgan fingerprint density at radius 3 is 2.86 bits per heavy atom. The van der Waals surface area contributed by atoms with Crippen LogP contribution in [0.5, 0.6) is 0 Å². The Morgan fingerprint density at radius 1 is 1.23 bits per heavy atom. The van der Waals surface area contributed by atoms with Crippen LogP contribution in [0.25, 0.3) is 0 Å². The number of hydrogen-bond acceptors (Lipinski definition) is 5. The minimum Gasteiger partial charge on any atom is -0.465 e. The summed E-state index contributed by atoms with van der Waals surface area (Å²) < 4.78 is 16.9. The smallest absolute Gasteiger partial charge is 0.118 e. The Morgan fingerprint density at radius 2 is 2.09 bits per heavy atom. The van der Waals surface area contributed by atoms with Crippen LogP contribution < -0.4 is 0 Å². The molecule has 2 fully saturated rings. The van der Waals surface area contributed by atoms with Gasteiger partial charge in [-0.05, 0) is 32.0 Å². The van der Waals surface area contributed by atoms with Crippen LogP contribution in [-0.4, -0.2) is 69.5 Å². The number of nitrogens with zero attached hydrogens (tertiary/aromatic N) is 2. The van der Waals surface area contributed by atoms with Gasteiger partial charge in [-0.1, -0.05) is 0 Å². The molecule has 0 aliphatic carbocycles. The van der Waals surface area contributed by atoms with Gasteiger partial charge in [-0.2, -0.15) is 0 Å². The first-order valence-corrected chi connectivity index (χ1v) is 8.26. The van der Waals surface area contributed by atoms with Gasteiger partial charge in [-0.3, -0.25) is 4.90 Å². The zero-order valence-electron chi connectivity index (χ0n) is 13.8. The van der Waals surface area contributed by atoms with Gasteiger partial charge in [0.25, 0.3) is 0 Å². The van der Waals surface area contributed by atoms with E-state index in [0.29, 0.717) is 0 Å². The van der Waals surface area contributed by atoms with Gasteiger partial charge in [0.05, 0.1) is 26.4 Å². The van der Waals surface area contributed by atoms with Crippen molar-refractivity contribution in [3.8, 4) is 0 Å². The number of aryl methyl sites for hydroxylation is 1. The summed E-state index contributed by atoms with van der Waals surface area (Å²) in [4.78, 5) is 5.00. The second-order valence-corrected chi connectivity index (χ2v) is 6.79. The molecule has 1 spiro atoms. The molecule has 22 heavy (non-hydrogen) atoms. The lowest BCUT2D eigenvalue weighted by molar-refractivity contribution is 0.0680. The Labute approximate surface area is 133 Å². The zero-order chi connectivity index (χ0) is 15.4. The van der Waals surface area contributed by atoms with Gasteiger partial charge in [-0.25, -0.2) is 0 Å². The van der Waals surface area contributed by atoms with Crippen molar-refractivity contribution in [1.82, 2.24) is 9.80 Å². The van der Waals surface area contributed by atoms with E-state index in [1.807, 2.05) is 13.0 Å². The van der Waals surface area contributed by atoms with Crippen LogP contribution in [0.4, 0.5) is 0 Å². The van der Waals surface area contributed by atoms with Gasteiger partial charge in [0.2, 0.25) is 0 Å². The van der Waals surface area contributed by atoms with Gasteiger partial charge in [0.15, 0.2) is 0 Å². The number of methoxy groups -OCH3 is 1. The molecule has 0 aromatic carbocycles. The molecule has 2 saturated heterocycles. The third-order valence-corrected chi connectivity index (χ3v) is 4.82. The quantitative estimate of drug-likeness (QED) is 0.829. The van der Waals surface area contributed by atoms with E-state index in [1.165, 1.54) is 6.42 Å². The van der Waals surface area contributed by atoms with Crippen molar-refractivity contribution < 1.29 is 13.9 Å². The molecule has 2 aliphatic heterocycles. The highest BCUT2D eigenvalue weighted by atomic mass is 16.5. The molecule has 5 nitrogen and oxygen atoms in total. The van der Waals surface area contributed by atoms with Gasteiger partial charge in [0.1, 0.15) is 11.5 Å². The average molecular weight is 308 g/mol. The first-order chi connectivity index (χ1) is 10.7. The average Bonchev–Trinajstić information content (AvgIpc) is 3.02. The Kier molecular flexibility index (Phi) is 5.18. The molecular formula is C17H28N2O3. The largest absolute Gasteiger partial charge is 0.465 e. The van der Waals surface area contributed by atoms with E-state index in [0.717, 1.165) is 70.6 Å². The van der Waals surface area contributed by atoms with E-state index in [1.54, 1.807) is 7.11 Å². The monoisotopic (exact) mass is 308 g/mol. The van der Waals surface area contributed by atoms with Crippen molar-refractivity contribution in [2.45, 2.75) is 19.9 Å². The maximum Gasteiger partial charge on any atom is 0.118 e. The van der Waals surface area contributed by atoms with Crippen LogP contribution in [0.15, 0.2) is 16.5 Å². The summed E-state index contributed by atoms with van der Waals surface area (Å²) in [6.45, 7) is 10.8. The van der Waals surface area contributed by atoms with Crippen LogP contribution >= 0.6 is 0 Å². The lowest BCUT2D eigenvalue weighted by Crippen LogP contribution is -2.40. The third-order valence-electron chi connectivity index (χ3n) is 4.82. The lowest BCUT2D eigenvalue weighted by Gasteiger charge is -2.31. The van der Waals surface area contributed by atoms with E-state index in [4.69, 9.17) is 13.9 Å². The summed E-state index contributed by atoms with van der Waals surface area (Å²) >= 11 is 0. The zero-order valence-corrected chi connectivity index (χ0v) is 13.8. The van der Waals surface area contributed by atoms with E-state index < -0.39 is 0 Å². The number of ether oxygens (including phenoxy) is 2.